The molecule has 0 bridgehead atoms. The van der Waals surface area contributed by atoms with Crippen LogP contribution in [0.5, 0.6) is 0 Å². The average molecular weight is 919 g/mol. The van der Waals surface area contributed by atoms with Crippen LogP contribution in [0.2, 0.25) is 0 Å². The summed E-state index contributed by atoms with van der Waals surface area (Å²) < 4.78 is 301. The van der Waals surface area contributed by atoms with E-state index in [-0.39, 0.29) is 161 Å². The van der Waals surface area contributed by atoms with Crippen molar-refractivity contribution in [3.63, 3.8) is 0 Å². The number of alkyl halides is 19. The quantitative estimate of drug-likeness (QED) is 0.0700. The van der Waals surface area contributed by atoms with Gasteiger partial charge < -0.3 is 9.11 Å². The normalized spacial score (nSPS) is 14.8. The molecule has 53 heavy (non-hydrogen) atoms. The van der Waals surface area contributed by atoms with Gasteiger partial charge in [-0.1, -0.05) is 51.4 Å². The molecule has 29 heteroatoms. The SMILES string of the molecule is O=S(=O)([O-])C(F)(F)C(F)(F)C(F)(F)C(F)CCCCCCCC(F)(F)F.O=S(=O)([O-])C(F)(F)C(F)(F)C(F)(F)CCCCCCCCC(F)(F)F.[K+].[K+]. The summed E-state index contributed by atoms with van der Waals surface area (Å²) in [6, 6.07) is 0. The summed E-state index contributed by atoms with van der Waals surface area (Å²) in [6.07, 6.45) is -19.5. The Bertz CT molecular complexity index is 1260. The van der Waals surface area contributed by atoms with Crippen molar-refractivity contribution in [1.82, 2.24) is 0 Å². The van der Waals surface area contributed by atoms with Gasteiger partial charge in [0, 0.05) is 19.3 Å². The van der Waals surface area contributed by atoms with Crippen LogP contribution in [0.25, 0.3) is 0 Å². The van der Waals surface area contributed by atoms with Crippen LogP contribution >= 0.6 is 0 Å². The summed E-state index contributed by atoms with van der Waals surface area (Å²) in [7, 11) is -14.2. The molecule has 0 aromatic heterocycles. The number of unbranched alkanes of at least 4 members (excludes halogenated alkanes) is 9. The van der Waals surface area contributed by atoms with Crippen LogP contribution in [0.4, 0.5) is 83.4 Å². The number of rotatable bonds is 22. The molecule has 310 valence electrons. The zero-order chi connectivity index (χ0) is 41.2. The summed E-state index contributed by atoms with van der Waals surface area (Å²) in [5.41, 5.74) is 0. The molecule has 0 aliphatic heterocycles. The van der Waals surface area contributed by atoms with E-state index < -0.39 is 111 Å². The first-order valence-corrected chi connectivity index (χ1v) is 17.1. The van der Waals surface area contributed by atoms with Gasteiger partial charge in [0.2, 0.25) is 0 Å². The minimum absolute atomic E-state index is 0. The largest absolute Gasteiger partial charge is 1.00 e. The van der Waals surface area contributed by atoms with E-state index >= 15 is 0 Å². The van der Waals surface area contributed by atoms with Gasteiger partial charge in [0.15, 0.2) is 26.4 Å². The van der Waals surface area contributed by atoms with Crippen LogP contribution in [0.3, 0.4) is 0 Å². The Morgan fingerprint density at radius 1 is 0.415 bits per heavy atom. The third kappa shape index (κ3) is 19.6. The molecular weight excluding hydrogens is 888 g/mol. The van der Waals surface area contributed by atoms with Crippen LogP contribution in [-0.4, -0.2) is 78.7 Å². The van der Waals surface area contributed by atoms with E-state index in [1.165, 1.54) is 0 Å². The van der Waals surface area contributed by atoms with E-state index in [0.29, 0.717) is 0 Å². The summed E-state index contributed by atoms with van der Waals surface area (Å²) in [4.78, 5) is 0. The number of hydrogen-bond acceptors (Lipinski definition) is 6. The van der Waals surface area contributed by atoms with Gasteiger partial charge in [-0.15, -0.1) is 0 Å². The summed E-state index contributed by atoms with van der Waals surface area (Å²) in [5.74, 6) is -24.8. The van der Waals surface area contributed by atoms with Gasteiger partial charge in [-0.2, -0.15) is 79.0 Å². The summed E-state index contributed by atoms with van der Waals surface area (Å²) >= 11 is 0. The van der Waals surface area contributed by atoms with Crippen molar-refractivity contribution in [1.29, 1.82) is 0 Å². The smallest absolute Gasteiger partial charge is 0.743 e. The van der Waals surface area contributed by atoms with Crippen molar-refractivity contribution >= 4 is 20.2 Å². The monoisotopic (exact) mass is 918 g/mol. The molecular formula is C24H31F19K2O6S2. The Balaban J connectivity index is -0.000000437. The van der Waals surface area contributed by atoms with Crippen LogP contribution < -0.4 is 103 Å². The Morgan fingerprint density at radius 2 is 0.679 bits per heavy atom. The second-order valence-corrected chi connectivity index (χ2v) is 13.9. The van der Waals surface area contributed by atoms with Crippen molar-refractivity contribution in [2.24, 2.45) is 0 Å². The molecule has 0 N–H and O–H groups in total. The Morgan fingerprint density at radius 3 is 0.981 bits per heavy atom. The van der Waals surface area contributed by atoms with Gasteiger partial charge in [-0.3, -0.25) is 0 Å². The molecule has 0 amide bonds. The molecule has 0 spiro atoms. The van der Waals surface area contributed by atoms with Crippen molar-refractivity contribution in [2.45, 2.75) is 149 Å². The molecule has 1 unspecified atom stereocenters. The molecule has 0 heterocycles. The minimum atomic E-state index is -7.20. The third-order valence-electron chi connectivity index (χ3n) is 6.75. The van der Waals surface area contributed by atoms with E-state index in [1.807, 2.05) is 0 Å². The molecule has 0 saturated carbocycles. The van der Waals surface area contributed by atoms with E-state index in [9.17, 15) is 109 Å². The third-order valence-corrected chi connectivity index (χ3v) is 8.52. The number of halogens is 19. The topological polar surface area (TPSA) is 114 Å². The van der Waals surface area contributed by atoms with Gasteiger partial charge in [-0.25, -0.2) is 21.2 Å². The first-order valence-electron chi connectivity index (χ1n) is 14.3. The van der Waals surface area contributed by atoms with Crippen LogP contribution in [0.1, 0.15) is 96.3 Å². The molecule has 1 atom stereocenters. The number of hydrogen-bond donors (Lipinski definition) is 0. The minimum Gasteiger partial charge on any atom is -0.743 e. The summed E-state index contributed by atoms with van der Waals surface area (Å²) in [6.45, 7) is 0. The second-order valence-electron chi connectivity index (χ2n) is 11.0. The first kappa shape index (κ1) is 61.4. The molecule has 0 aliphatic carbocycles. The Kier molecular flexibility index (Phi) is 27.3. The maximum atomic E-state index is 13.3. The average Bonchev–Trinajstić information content (AvgIpc) is 2.91. The zero-order valence-electron chi connectivity index (χ0n) is 27.6. The molecule has 0 rings (SSSR count). The van der Waals surface area contributed by atoms with Crippen molar-refractivity contribution in [3.05, 3.63) is 0 Å². The predicted octanol–water partition coefficient (Wildman–Crippen LogP) is 4.11. The van der Waals surface area contributed by atoms with Crippen molar-refractivity contribution in [3.8, 4) is 0 Å². The molecule has 0 aromatic carbocycles. The van der Waals surface area contributed by atoms with E-state index in [4.69, 9.17) is 0 Å². The van der Waals surface area contributed by atoms with E-state index in [1.54, 1.807) is 0 Å². The van der Waals surface area contributed by atoms with Crippen LogP contribution in [0.15, 0.2) is 0 Å². The fourth-order valence-corrected chi connectivity index (χ4v) is 4.73. The fraction of sp³-hybridized carbons (Fsp3) is 1.00. The summed E-state index contributed by atoms with van der Waals surface area (Å²) in [5, 5.41) is -13.2. The fourth-order valence-electron chi connectivity index (χ4n) is 3.81. The molecule has 0 aromatic rings. The van der Waals surface area contributed by atoms with Gasteiger partial charge in [0.05, 0.1) is 0 Å². The maximum Gasteiger partial charge on any atom is 1.00 e. The van der Waals surface area contributed by atoms with Gasteiger partial charge in [0.25, 0.3) is 0 Å². The van der Waals surface area contributed by atoms with Gasteiger partial charge >= 0.3 is 149 Å². The van der Waals surface area contributed by atoms with Gasteiger partial charge in [0.1, 0.15) is 0 Å². The van der Waals surface area contributed by atoms with Crippen LogP contribution in [-0.2, 0) is 20.2 Å². The molecule has 0 fully saturated rings. The van der Waals surface area contributed by atoms with Crippen LogP contribution in [0, 0.1) is 0 Å². The first-order chi connectivity index (χ1) is 22.3. The molecule has 0 aliphatic rings. The van der Waals surface area contributed by atoms with Gasteiger partial charge in [-0.05, 0) is 25.7 Å². The molecule has 0 saturated heterocycles. The zero-order valence-corrected chi connectivity index (χ0v) is 35.5. The Labute approximate surface area is 376 Å². The second kappa shape index (κ2) is 23.5. The van der Waals surface area contributed by atoms with Crippen molar-refractivity contribution in [2.75, 3.05) is 0 Å². The van der Waals surface area contributed by atoms with E-state index in [2.05, 4.69) is 0 Å². The molecule has 6 nitrogen and oxygen atoms in total. The standard InChI is InChI=1S/C12H16F10O3S.C12H17F9O3S.2K/c13-8(6-4-2-1-3-5-7-9(14,15)16)10(17,18)11(19,20)12(21,22)26(23,24)25;13-9(14,11(18,19)12(20,21)25(22,23)24)7-5-3-1-2-4-6-8-10(15,16)17;;/h8H,1-7H2,(H,23,24,25);1-8H2,(H,22,23,24);;/q;;2*+1/p-2. The Hall–Kier alpha value is 1.76. The van der Waals surface area contributed by atoms with E-state index in [0.717, 1.165) is 0 Å². The van der Waals surface area contributed by atoms with Crippen molar-refractivity contribution < 1.29 is 212 Å². The predicted molar refractivity (Wildman–Crippen MR) is 135 cm³/mol. The maximum absolute atomic E-state index is 13.3. The molecule has 0 radical (unpaired) electrons.